The molecule has 1 unspecified atom stereocenters. The van der Waals surface area contributed by atoms with Gasteiger partial charge in [-0.3, -0.25) is 4.79 Å². The number of hydrogen-bond acceptors (Lipinski definition) is 2. The molecule has 1 heterocycles. The van der Waals surface area contributed by atoms with E-state index in [1.807, 2.05) is 0 Å². The van der Waals surface area contributed by atoms with E-state index in [-0.39, 0.29) is 0 Å². The molecule has 1 atom stereocenters. The summed E-state index contributed by atoms with van der Waals surface area (Å²) in [6, 6.07) is 0. The monoisotopic (exact) mass is 237 g/mol. The van der Waals surface area contributed by atoms with Crippen molar-refractivity contribution < 1.29 is 4.79 Å². The third kappa shape index (κ3) is 3.80. The zero-order valence-corrected chi connectivity index (χ0v) is 11.2. The Morgan fingerprint density at radius 2 is 1.88 bits per heavy atom. The highest BCUT2D eigenvalue weighted by Gasteiger charge is 2.27. The Kier molecular flexibility index (Phi) is 5.02. The van der Waals surface area contributed by atoms with Gasteiger partial charge in [0.05, 0.1) is 0 Å². The number of rotatable bonds is 4. The quantitative estimate of drug-likeness (QED) is 0.813. The lowest BCUT2D eigenvalue weighted by Gasteiger charge is -2.29. The van der Waals surface area contributed by atoms with Crippen LogP contribution in [-0.2, 0) is 4.79 Å². The number of hydrogen-bond donors (Lipinski definition) is 1. The minimum Gasteiger partial charge on any atom is -0.316 e. The molecule has 0 aromatic rings. The average Bonchev–Trinajstić information content (AvgIpc) is 2.40. The van der Waals surface area contributed by atoms with E-state index < -0.39 is 0 Å². The van der Waals surface area contributed by atoms with Crippen molar-refractivity contribution in [3.63, 3.8) is 0 Å². The van der Waals surface area contributed by atoms with Gasteiger partial charge in [0, 0.05) is 12.3 Å². The summed E-state index contributed by atoms with van der Waals surface area (Å²) in [6.45, 7) is 4.49. The lowest BCUT2D eigenvalue weighted by atomic mass is 9.77. The maximum atomic E-state index is 12.2. The number of Topliss-reactive ketones (excluding diaryl/α,β-unsaturated/α-hetero) is 1. The molecule has 1 saturated carbocycles. The van der Waals surface area contributed by atoms with Crippen LogP contribution in [0.25, 0.3) is 0 Å². The first-order valence-electron chi connectivity index (χ1n) is 7.53. The van der Waals surface area contributed by atoms with Crippen molar-refractivity contribution in [3.05, 3.63) is 0 Å². The van der Waals surface area contributed by atoms with E-state index in [1.54, 1.807) is 0 Å². The molecule has 0 amide bonds. The topological polar surface area (TPSA) is 29.1 Å². The predicted octanol–water partition coefficient (Wildman–Crippen LogP) is 3.16. The summed E-state index contributed by atoms with van der Waals surface area (Å²) >= 11 is 0. The van der Waals surface area contributed by atoms with Crippen molar-refractivity contribution in [3.8, 4) is 0 Å². The van der Waals surface area contributed by atoms with Crippen LogP contribution in [0.3, 0.4) is 0 Å². The average molecular weight is 237 g/mol. The highest BCUT2D eigenvalue weighted by atomic mass is 16.1. The molecule has 0 bridgehead atoms. The van der Waals surface area contributed by atoms with Crippen LogP contribution in [0.4, 0.5) is 0 Å². The Morgan fingerprint density at radius 3 is 2.47 bits per heavy atom. The third-order valence-electron chi connectivity index (χ3n) is 4.77. The Bertz CT molecular complexity index is 237. The normalized spacial score (nSPS) is 34.5. The SMILES string of the molecule is CCC1CCC(C(=O)CC2CCCNC2)CC1. The van der Waals surface area contributed by atoms with E-state index in [1.165, 1.54) is 32.1 Å². The second-order valence-electron chi connectivity index (χ2n) is 6.01. The fourth-order valence-electron chi connectivity index (χ4n) is 3.44. The van der Waals surface area contributed by atoms with Crippen molar-refractivity contribution in [2.75, 3.05) is 13.1 Å². The maximum Gasteiger partial charge on any atom is 0.136 e. The molecule has 0 aromatic heterocycles. The number of carbonyl (C=O) groups excluding carboxylic acids is 1. The molecular weight excluding hydrogens is 210 g/mol. The van der Waals surface area contributed by atoms with E-state index in [2.05, 4.69) is 12.2 Å². The van der Waals surface area contributed by atoms with E-state index in [4.69, 9.17) is 0 Å². The highest BCUT2D eigenvalue weighted by molar-refractivity contribution is 5.81. The van der Waals surface area contributed by atoms with Gasteiger partial charge in [-0.1, -0.05) is 13.3 Å². The van der Waals surface area contributed by atoms with Crippen LogP contribution in [0, 0.1) is 17.8 Å². The van der Waals surface area contributed by atoms with Gasteiger partial charge >= 0.3 is 0 Å². The Balaban J connectivity index is 1.72. The highest BCUT2D eigenvalue weighted by Crippen LogP contribution is 2.32. The fraction of sp³-hybridized carbons (Fsp3) is 0.933. The van der Waals surface area contributed by atoms with Gasteiger partial charge in [0.1, 0.15) is 5.78 Å². The van der Waals surface area contributed by atoms with Crippen molar-refractivity contribution >= 4 is 5.78 Å². The minimum absolute atomic E-state index is 0.403. The molecule has 2 aliphatic rings. The third-order valence-corrected chi connectivity index (χ3v) is 4.77. The second kappa shape index (κ2) is 6.53. The van der Waals surface area contributed by atoms with Gasteiger partial charge in [0.2, 0.25) is 0 Å². The predicted molar refractivity (Wildman–Crippen MR) is 71.0 cm³/mol. The maximum absolute atomic E-state index is 12.2. The largest absolute Gasteiger partial charge is 0.316 e. The first kappa shape index (κ1) is 13.1. The molecular formula is C15H27NO. The number of carbonyl (C=O) groups is 1. The summed E-state index contributed by atoms with van der Waals surface area (Å²) in [7, 11) is 0. The Labute approximate surface area is 106 Å². The first-order chi connectivity index (χ1) is 8.29. The lowest BCUT2D eigenvalue weighted by Crippen LogP contribution is -2.32. The first-order valence-corrected chi connectivity index (χ1v) is 7.53. The smallest absolute Gasteiger partial charge is 0.136 e. The van der Waals surface area contributed by atoms with Crippen LogP contribution in [0.5, 0.6) is 0 Å². The molecule has 0 spiro atoms. The fourth-order valence-corrected chi connectivity index (χ4v) is 3.44. The van der Waals surface area contributed by atoms with Crippen molar-refractivity contribution in [1.29, 1.82) is 0 Å². The number of piperidine rings is 1. The van der Waals surface area contributed by atoms with Gasteiger partial charge in [-0.25, -0.2) is 0 Å². The molecule has 1 aliphatic carbocycles. The molecule has 1 saturated heterocycles. The van der Waals surface area contributed by atoms with Crippen LogP contribution in [0.15, 0.2) is 0 Å². The standard InChI is InChI=1S/C15H27NO/c1-2-12-5-7-14(8-6-12)15(17)10-13-4-3-9-16-11-13/h12-14,16H,2-11H2,1H3. The lowest BCUT2D eigenvalue weighted by molar-refractivity contribution is -0.125. The summed E-state index contributed by atoms with van der Waals surface area (Å²) in [6.07, 6.45) is 9.55. The van der Waals surface area contributed by atoms with Gasteiger partial charge in [0.15, 0.2) is 0 Å². The molecule has 2 heteroatoms. The van der Waals surface area contributed by atoms with Crippen LogP contribution in [0.2, 0.25) is 0 Å². The van der Waals surface area contributed by atoms with Gasteiger partial charge in [-0.2, -0.15) is 0 Å². The van der Waals surface area contributed by atoms with Crippen molar-refractivity contribution in [1.82, 2.24) is 5.32 Å². The van der Waals surface area contributed by atoms with E-state index in [9.17, 15) is 4.79 Å². The van der Waals surface area contributed by atoms with Crippen LogP contribution >= 0.6 is 0 Å². The van der Waals surface area contributed by atoms with E-state index in [0.29, 0.717) is 17.6 Å². The second-order valence-corrected chi connectivity index (χ2v) is 6.01. The molecule has 98 valence electrons. The summed E-state index contributed by atoms with van der Waals surface area (Å²) in [5.41, 5.74) is 0. The number of nitrogens with one attached hydrogen (secondary N) is 1. The Morgan fingerprint density at radius 1 is 1.12 bits per heavy atom. The Hall–Kier alpha value is -0.370. The molecule has 2 fully saturated rings. The molecule has 0 radical (unpaired) electrons. The van der Waals surface area contributed by atoms with E-state index in [0.717, 1.165) is 38.3 Å². The van der Waals surface area contributed by atoms with E-state index >= 15 is 0 Å². The summed E-state index contributed by atoms with van der Waals surface area (Å²) in [5, 5.41) is 3.41. The van der Waals surface area contributed by atoms with Crippen LogP contribution in [0.1, 0.15) is 58.3 Å². The van der Waals surface area contributed by atoms with Gasteiger partial charge in [-0.05, 0) is 63.5 Å². The minimum atomic E-state index is 0.403. The summed E-state index contributed by atoms with van der Waals surface area (Å²) in [4.78, 5) is 12.2. The molecule has 0 aromatic carbocycles. The molecule has 2 rings (SSSR count). The number of ketones is 1. The van der Waals surface area contributed by atoms with Gasteiger partial charge in [-0.15, -0.1) is 0 Å². The zero-order chi connectivity index (χ0) is 12.1. The molecule has 17 heavy (non-hydrogen) atoms. The molecule has 1 N–H and O–H groups in total. The summed E-state index contributed by atoms with van der Waals surface area (Å²) < 4.78 is 0. The van der Waals surface area contributed by atoms with Gasteiger partial charge < -0.3 is 5.32 Å². The van der Waals surface area contributed by atoms with Crippen molar-refractivity contribution in [2.24, 2.45) is 17.8 Å². The van der Waals surface area contributed by atoms with Crippen LogP contribution in [-0.4, -0.2) is 18.9 Å². The molecule has 1 aliphatic heterocycles. The van der Waals surface area contributed by atoms with Gasteiger partial charge in [0.25, 0.3) is 0 Å². The van der Waals surface area contributed by atoms with Crippen LogP contribution < -0.4 is 5.32 Å². The zero-order valence-electron chi connectivity index (χ0n) is 11.2. The van der Waals surface area contributed by atoms with Crippen molar-refractivity contribution in [2.45, 2.75) is 58.3 Å². The summed E-state index contributed by atoms with van der Waals surface area (Å²) in [5.74, 6) is 2.49. The molecule has 2 nitrogen and oxygen atoms in total.